The molecule has 1 aromatic rings. The van der Waals surface area contributed by atoms with E-state index in [1.54, 1.807) is 0 Å². The minimum absolute atomic E-state index is 0.448. The average Bonchev–Trinajstić information content (AvgIpc) is 2.33. The summed E-state index contributed by atoms with van der Waals surface area (Å²) < 4.78 is 0. The Morgan fingerprint density at radius 2 is 2.16 bits per heavy atom. The van der Waals surface area contributed by atoms with Gasteiger partial charge >= 0.3 is 0 Å². The Balaban J connectivity index is 2.44. The molecule has 0 bridgehead atoms. The van der Waals surface area contributed by atoms with Crippen LogP contribution in [-0.4, -0.2) is 34.9 Å². The first-order valence-corrected chi connectivity index (χ1v) is 6.59. The van der Waals surface area contributed by atoms with Crippen LogP contribution in [0.5, 0.6) is 0 Å². The van der Waals surface area contributed by atoms with Crippen LogP contribution >= 0.6 is 0 Å². The number of nitrogens with one attached hydrogen (secondary N) is 2. The highest BCUT2D eigenvalue weighted by atomic mass is 15.1. The van der Waals surface area contributed by atoms with Crippen molar-refractivity contribution >= 4 is 17.3 Å². The fourth-order valence-corrected chi connectivity index (χ4v) is 1.58. The van der Waals surface area contributed by atoms with Crippen molar-refractivity contribution in [3.8, 4) is 0 Å². The molecule has 1 aromatic heterocycles. The summed E-state index contributed by atoms with van der Waals surface area (Å²) in [7, 11) is 0. The highest BCUT2D eigenvalue weighted by Gasteiger charge is 2.05. The van der Waals surface area contributed by atoms with Crippen molar-refractivity contribution in [3.63, 3.8) is 0 Å². The molecule has 0 fully saturated rings. The molecule has 0 saturated carbocycles. The van der Waals surface area contributed by atoms with Crippen LogP contribution in [0.15, 0.2) is 11.3 Å². The molecule has 0 aliphatic rings. The van der Waals surface area contributed by atoms with Gasteiger partial charge in [-0.1, -0.05) is 13.8 Å². The van der Waals surface area contributed by atoms with Gasteiger partial charge in [0.05, 0.1) is 11.5 Å². The van der Waals surface area contributed by atoms with Gasteiger partial charge in [0.1, 0.15) is 12.0 Å². The number of rotatable bonds is 6. The third-order valence-corrected chi connectivity index (χ3v) is 2.61. The van der Waals surface area contributed by atoms with E-state index in [0.717, 1.165) is 36.7 Å². The summed E-state index contributed by atoms with van der Waals surface area (Å²) in [6.45, 7) is 9.84. The van der Waals surface area contributed by atoms with Crippen LogP contribution in [0.25, 0.3) is 0 Å². The van der Waals surface area contributed by atoms with Crippen LogP contribution in [0.4, 0.5) is 11.5 Å². The van der Waals surface area contributed by atoms with Crippen molar-refractivity contribution in [2.75, 3.05) is 24.1 Å². The first-order chi connectivity index (χ1) is 9.00. The summed E-state index contributed by atoms with van der Waals surface area (Å²) in [5, 5.41) is 6.52. The highest BCUT2D eigenvalue weighted by Crippen LogP contribution is 2.17. The molecular formula is C13H24N6. The van der Waals surface area contributed by atoms with E-state index < -0.39 is 0 Å². The molecule has 1 rings (SSSR count). The standard InChI is InChI=1S/C13H24N6/c1-9(2)15-6-5-7-16-11(4)19-12-10(3)17-8-18-13(12)14/h8-9,15H,5-7H2,1-4H3,(H,16,19)(H2,14,17,18). The van der Waals surface area contributed by atoms with Crippen LogP contribution < -0.4 is 16.4 Å². The van der Waals surface area contributed by atoms with Gasteiger partial charge in [-0.15, -0.1) is 0 Å². The Kier molecular flexibility index (Phi) is 6.21. The molecule has 0 aromatic carbocycles. The Labute approximate surface area is 114 Å². The lowest BCUT2D eigenvalue weighted by atomic mass is 10.3. The molecule has 4 N–H and O–H groups in total. The van der Waals surface area contributed by atoms with Crippen molar-refractivity contribution in [1.82, 2.24) is 15.3 Å². The molecular weight excluding hydrogens is 240 g/mol. The van der Waals surface area contributed by atoms with Crippen molar-refractivity contribution in [1.29, 1.82) is 0 Å². The third kappa shape index (κ3) is 5.65. The molecule has 1 heterocycles. The van der Waals surface area contributed by atoms with Gasteiger partial charge in [-0.25, -0.2) is 9.97 Å². The number of nitrogens with two attached hydrogens (primary N) is 1. The Morgan fingerprint density at radius 3 is 2.79 bits per heavy atom. The zero-order valence-corrected chi connectivity index (χ0v) is 12.2. The van der Waals surface area contributed by atoms with Gasteiger partial charge in [-0.05, 0) is 26.8 Å². The van der Waals surface area contributed by atoms with E-state index in [4.69, 9.17) is 5.73 Å². The normalized spacial score (nSPS) is 11.9. The quantitative estimate of drug-likeness (QED) is 0.412. The van der Waals surface area contributed by atoms with E-state index in [1.807, 2.05) is 13.8 Å². The van der Waals surface area contributed by atoms with Crippen molar-refractivity contribution in [2.24, 2.45) is 4.99 Å². The zero-order chi connectivity index (χ0) is 14.3. The molecule has 6 nitrogen and oxygen atoms in total. The maximum Gasteiger partial charge on any atom is 0.150 e. The molecule has 6 heteroatoms. The molecule has 0 unspecified atom stereocenters. The second-order valence-corrected chi connectivity index (χ2v) is 4.77. The highest BCUT2D eigenvalue weighted by molar-refractivity contribution is 5.96. The summed E-state index contributed by atoms with van der Waals surface area (Å²) in [5.41, 5.74) is 7.36. The third-order valence-electron chi connectivity index (χ3n) is 2.61. The van der Waals surface area contributed by atoms with Gasteiger partial charge < -0.3 is 16.4 Å². The smallest absolute Gasteiger partial charge is 0.150 e. The molecule has 0 amide bonds. The lowest BCUT2D eigenvalue weighted by molar-refractivity contribution is 0.574. The second kappa shape index (κ2) is 7.68. The number of aryl methyl sites for hydroxylation is 1. The van der Waals surface area contributed by atoms with Gasteiger partial charge in [0, 0.05) is 12.6 Å². The Morgan fingerprint density at radius 1 is 1.42 bits per heavy atom. The fraction of sp³-hybridized carbons (Fsp3) is 0.615. The van der Waals surface area contributed by atoms with Gasteiger partial charge in [-0.2, -0.15) is 0 Å². The van der Waals surface area contributed by atoms with Crippen LogP contribution in [0.3, 0.4) is 0 Å². The molecule has 0 radical (unpaired) electrons. The Bertz CT molecular complexity index is 407. The molecule has 0 spiro atoms. The van der Waals surface area contributed by atoms with Gasteiger partial charge in [-0.3, -0.25) is 4.99 Å². The monoisotopic (exact) mass is 264 g/mol. The SMILES string of the molecule is CC(=NCCCNC(C)C)Nc1c(C)ncnc1N. The molecule has 0 saturated heterocycles. The number of nitrogens with zero attached hydrogens (tertiary/aromatic N) is 3. The fourth-order valence-electron chi connectivity index (χ4n) is 1.58. The minimum Gasteiger partial charge on any atom is -0.382 e. The lowest BCUT2D eigenvalue weighted by Crippen LogP contribution is -2.24. The molecule has 0 atom stereocenters. The van der Waals surface area contributed by atoms with Crippen molar-refractivity contribution < 1.29 is 0 Å². The average molecular weight is 264 g/mol. The number of hydrogen-bond donors (Lipinski definition) is 3. The van der Waals surface area contributed by atoms with Gasteiger partial charge in [0.25, 0.3) is 0 Å². The summed E-state index contributed by atoms with van der Waals surface area (Å²) in [5.74, 6) is 1.28. The van der Waals surface area contributed by atoms with Gasteiger partial charge in [0.2, 0.25) is 0 Å². The maximum atomic E-state index is 5.80. The summed E-state index contributed by atoms with van der Waals surface area (Å²) in [6, 6.07) is 0.520. The van der Waals surface area contributed by atoms with E-state index in [2.05, 4.69) is 39.4 Å². The topological polar surface area (TPSA) is 88.2 Å². The minimum atomic E-state index is 0.448. The van der Waals surface area contributed by atoms with E-state index in [-0.39, 0.29) is 0 Å². The van der Waals surface area contributed by atoms with Crippen LogP contribution in [0.2, 0.25) is 0 Å². The van der Waals surface area contributed by atoms with Crippen molar-refractivity contribution in [2.45, 2.75) is 40.2 Å². The summed E-state index contributed by atoms with van der Waals surface area (Å²) in [4.78, 5) is 12.5. The summed E-state index contributed by atoms with van der Waals surface area (Å²) >= 11 is 0. The first-order valence-electron chi connectivity index (χ1n) is 6.59. The van der Waals surface area contributed by atoms with E-state index >= 15 is 0 Å². The van der Waals surface area contributed by atoms with E-state index in [9.17, 15) is 0 Å². The molecule has 106 valence electrons. The summed E-state index contributed by atoms with van der Waals surface area (Å²) in [6.07, 6.45) is 2.47. The predicted molar refractivity (Wildman–Crippen MR) is 80.5 cm³/mol. The number of amidine groups is 1. The molecule has 0 aliphatic heterocycles. The first kappa shape index (κ1) is 15.4. The zero-order valence-electron chi connectivity index (χ0n) is 12.2. The Hall–Kier alpha value is -1.69. The molecule has 19 heavy (non-hydrogen) atoms. The maximum absolute atomic E-state index is 5.80. The van der Waals surface area contributed by atoms with Crippen molar-refractivity contribution in [3.05, 3.63) is 12.0 Å². The predicted octanol–water partition coefficient (Wildman–Crippen LogP) is 1.59. The van der Waals surface area contributed by atoms with Crippen LogP contribution in [-0.2, 0) is 0 Å². The van der Waals surface area contributed by atoms with Crippen LogP contribution in [0.1, 0.15) is 32.9 Å². The largest absolute Gasteiger partial charge is 0.382 e. The number of nitrogen functional groups attached to an aromatic ring is 1. The van der Waals surface area contributed by atoms with Gasteiger partial charge in [0.15, 0.2) is 5.82 Å². The molecule has 0 aliphatic carbocycles. The number of aromatic nitrogens is 2. The number of hydrogen-bond acceptors (Lipinski definition) is 5. The lowest BCUT2D eigenvalue weighted by Gasteiger charge is -2.10. The number of anilines is 2. The number of aliphatic imine (C=N–C) groups is 1. The van der Waals surface area contributed by atoms with E-state index in [1.165, 1.54) is 6.33 Å². The van der Waals surface area contributed by atoms with Crippen LogP contribution in [0, 0.1) is 6.92 Å². The second-order valence-electron chi connectivity index (χ2n) is 4.77. The van der Waals surface area contributed by atoms with E-state index in [0.29, 0.717) is 11.9 Å².